The molecule has 0 amide bonds. The topological polar surface area (TPSA) is 149 Å². The number of aromatic nitrogens is 2. The summed E-state index contributed by atoms with van der Waals surface area (Å²) in [4.78, 5) is 39.4. The second kappa shape index (κ2) is 9.01. The van der Waals surface area contributed by atoms with Gasteiger partial charge in [-0.1, -0.05) is 18.2 Å². The lowest BCUT2D eigenvalue weighted by molar-refractivity contribution is -0.152. The van der Waals surface area contributed by atoms with Crippen LogP contribution in [-0.2, 0) is 25.5 Å². The number of rotatable bonds is 6. The molecular formula is C19H21FN4O6. The second-order valence-electron chi connectivity index (χ2n) is 6.59. The van der Waals surface area contributed by atoms with E-state index in [2.05, 4.69) is 4.98 Å². The molecule has 0 spiro atoms. The van der Waals surface area contributed by atoms with Gasteiger partial charge in [-0.25, -0.2) is 14.0 Å². The van der Waals surface area contributed by atoms with Crippen molar-refractivity contribution in [3.8, 4) is 0 Å². The number of alkyl halides is 1. The first-order chi connectivity index (χ1) is 14.3. The Bertz CT molecular complexity index is 983. The van der Waals surface area contributed by atoms with Gasteiger partial charge in [0, 0.05) is 25.2 Å². The summed E-state index contributed by atoms with van der Waals surface area (Å²) in [5.41, 5.74) is 10.9. The summed E-state index contributed by atoms with van der Waals surface area (Å²) in [6.07, 6.45) is -4.71. The molecule has 1 aromatic carbocycles. The second-order valence-corrected chi connectivity index (χ2v) is 6.59. The van der Waals surface area contributed by atoms with Crippen LogP contribution in [-0.4, -0.2) is 46.5 Å². The van der Waals surface area contributed by atoms with Gasteiger partial charge >= 0.3 is 17.6 Å². The Labute approximate surface area is 170 Å². The van der Waals surface area contributed by atoms with Crippen molar-refractivity contribution in [2.24, 2.45) is 5.73 Å². The molecule has 30 heavy (non-hydrogen) atoms. The minimum absolute atomic E-state index is 0.0335. The van der Waals surface area contributed by atoms with E-state index in [1.54, 1.807) is 30.3 Å². The maximum Gasteiger partial charge on any atom is 0.351 e. The van der Waals surface area contributed by atoms with Crippen LogP contribution in [0.2, 0.25) is 0 Å². The number of esters is 2. The van der Waals surface area contributed by atoms with Gasteiger partial charge in [0.1, 0.15) is 18.5 Å². The average molecular weight is 420 g/mol. The Morgan fingerprint density at radius 3 is 2.63 bits per heavy atom. The lowest BCUT2D eigenvalue weighted by Gasteiger charge is -2.18. The number of hydrogen-bond donors (Lipinski definition) is 2. The number of benzene rings is 1. The average Bonchev–Trinajstić information content (AvgIpc) is 3.02. The first-order valence-electron chi connectivity index (χ1n) is 9.08. The van der Waals surface area contributed by atoms with Gasteiger partial charge in [-0.15, -0.1) is 0 Å². The Balaban J connectivity index is 1.82. The molecule has 11 heteroatoms. The Hall–Kier alpha value is -3.31. The van der Waals surface area contributed by atoms with Crippen LogP contribution in [0.1, 0.15) is 29.1 Å². The summed E-state index contributed by atoms with van der Waals surface area (Å²) in [7, 11) is 0. The predicted molar refractivity (Wildman–Crippen MR) is 102 cm³/mol. The molecule has 1 saturated heterocycles. The summed E-state index contributed by atoms with van der Waals surface area (Å²) < 4.78 is 31.8. The third-order valence-electron chi connectivity index (χ3n) is 4.51. The van der Waals surface area contributed by atoms with E-state index >= 15 is 4.39 Å². The van der Waals surface area contributed by atoms with Gasteiger partial charge in [0.25, 0.3) is 0 Å². The minimum Gasteiger partial charge on any atom is -0.459 e. The highest BCUT2D eigenvalue weighted by Crippen LogP contribution is 2.33. The van der Waals surface area contributed by atoms with E-state index in [1.807, 2.05) is 0 Å². The normalized spacial score (nSPS) is 23.2. The number of carbonyl (C=O) groups is 2. The lowest BCUT2D eigenvalue weighted by atomic mass is 10.1. The number of halogens is 1. The van der Waals surface area contributed by atoms with Crippen LogP contribution < -0.4 is 17.2 Å². The van der Waals surface area contributed by atoms with Crippen molar-refractivity contribution >= 4 is 17.8 Å². The van der Waals surface area contributed by atoms with Gasteiger partial charge in [-0.3, -0.25) is 9.36 Å². The van der Waals surface area contributed by atoms with Crippen LogP contribution in [0.3, 0.4) is 0 Å². The molecule has 1 aliphatic rings. The number of anilines is 1. The number of nitrogens with zero attached hydrogens (tertiary/aromatic N) is 2. The Morgan fingerprint density at radius 2 is 2.00 bits per heavy atom. The molecule has 2 aromatic rings. The highest BCUT2D eigenvalue weighted by Gasteiger charge is 2.49. The van der Waals surface area contributed by atoms with Crippen molar-refractivity contribution < 1.29 is 28.2 Å². The fourth-order valence-corrected chi connectivity index (χ4v) is 3.06. The highest BCUT2D eigenvalue weighted by atomic mass is 19.1. The van der Waals surface area contributed by atoms with Gasteiger partial charge in [-0.2, -0.15) is 4.98 Å². The molecule has 1 aliphatic heterocycles. The van der Waals surface area contributed by atoms with Gasteiger partial charge in [0.05, 0.1) is 5.56 Å². The quantitative estimate of drug-likeness (QED) is 0.630. The molecule has 0 unspecified atom stereocenters. The molecule has 4 N–H and O–H groups in total. The molecule has 0 radical (unpaired) electrons. The molecule has 3 rings (SSSR count). The van der Waals surface area contributed by atoms with E-state index in [0.717, 1.165) is 11.5 Å². The summed E-state index contributed by atoms with van der Waals surface area (Å²) >= 11 is 0. The van der Waals surface area contributed by atoms with Gasteiger partial charge < -0.3 is 25.7 Å². The minimum atomic E-state index is -1.93. The van der Waals surface area contributed by atoms with Crippen LogP contribution in [0.5, 0.6) is 0 Å². The molecule has 0 bridgehead atoms. The van der Waals surface area contributed by atoms with Gasteiger partial charge in [-0.05, 0) is 12.1 Å². The van der Waals surface area contributed by atoms with Crippen LogP contribution in [0.4, 0.5) is 10.2 Å². The molecule has 2 heterocycles. The highest BCUT2D eigenvalue weighted by molar-refractivity contribution is 5.89. The zero-order valence-electron chi connectivity index (χ0n) is 16.1. The molecule has 0 saturated carbocycles. The third kappa shape index (κ3) is 4.47. The Kier molecular flexibility index (Phi) is 6.43. The van der Waals surface area contributed by atoms with Crippen molar-refractivity contribution in [2.75, 3.05) is 12.3 Å². The molecule has 160 valence electrons. The standard InChI is InChI=1S/C19H21FN4O6/c1-10(25)29-15-13(9-28-18(26)11-5-3-2-4-6-11)30-17(14(15)20)24-8-12(7-21)16(22)23-19(24)27/h2-6,8,13-15,17H,7,9,21H2,1H3,(H2,22,23,27)/t13-,14-,15-,17-/m1/s1. The smallest absolute Gasteiger partial charge is 0.351 e. The molecule has 1 aromatic heterocycles. The summed E-state index contributed by atoms with van der Waals surface area (Å²) in [5, 5.41) is 0. The van der Waals surface area contributed by atoms with E-state index in [9.17, 15) is 14.4 Å². The first-order valence-corrected chi connectivity index (χ1v) is 9.08. The maximum atomic E-state index is 15.1. The first kappa shape index (κ1) is 21.4. The number of hydrogen-bond acceptors (Lipinski definition) is 9. The number of ether oxygens (including phenoxy) is 3. The largest absolute Gasteiger partial charge is 0.459 e. The lowest BCUT2D eigenvalue weighted by Crippen LogP contribution is -2.37. The zero-order chi connectivity index (χ0) is 21.8. The van der Waals surface area contributed by atoms with Crippen LogP contribution >= 0.6 is 0 Å². The van der Waals surface area contributed by atoms with Crippen molar-refractivity contribution in [3.63, 3.8) is 0 Å². The van der Waals surface area contributed by atoms with Crippen molar-refractivity contribution in [3.05, 3.63) is 58.1 Å². The maximum absolute atomic E-state index is 15.1. The number of carbonyl (C=O) groups excluding carboxylic acids is 2. The van der Waals surface area contributed by atoms with Gasteiger partial charge in [0.2, 0.25) is 0 Å². The molecule has 4 atom stereocenters. The SMILES string of the molecule is CC(=O)O[C@H]1[C@@H](F)[C@H](n2cc(CN)c(N)nc2=O)O[C@@H]1COC(=O)c1ccccc1. The third-order valence-corrected chi connectivity index (χ3v) is 4.51. The molecule has 10 nitrogen and oxygen atoms in total. The summed E-state index contributed by atoms with van der Waals surface area (Å²) in [5.74, 6) is -1.48. The predicted octanol–water partition coefficient (Wildman–Crippen LogP) is 0.308. The molecule has 1 fully saturated rings. The number of nitrogens with two attached hydrogens (primary N) is 2. The van der Waals surface area contributed by atoms with Crippen molar-refractivity contribution in [1.82, 2.24) is 9.55 Å². The zero-order valence-corrected chi connectivity index (χ0v) is 16.1. The van der Waals surface area contributed by atoms with Crippen LogP contribution in [0.15, 0.2) is 41.3 Å². The van der Waals surface area contributed by atoms with E-state index in [1.165, 1.54) is 6.20 Å². The van der Waals surface area contributed by atoms with Crippen molar-refractivity contribution in [1.29, 1.82) is 0 Å². The fraction of sp³-hybridized carbons (Fsp3) is 0.368. The molecule has 0 aliphatic carbocycles. The van der Waals surface area contributed by atoms with Crippen LogP contribution in [0.25, 0.3) is 0 Å². The van der Waals surface area contributed by atoms with Gasteiger partial charge in [0.15, 0.2) is 18.5 Å². The summed E-state index contributed by atoms with van der Waals surface area (Å²) in [6.45, 7) is 0.675. The van der Waals surface area contributed by atoms with Crippen molar-refractivity contribution in [2.45, 2.75) is 38.1 Å². The summed E-state index contributed by atoms with van der Waals surface area (Å²) in [6, 6.07) is 8.16. The monoisotopic (exact) mass is 420 g/mol. The van der Waals surface area contributed by atoms with Crippen LogP contribution in [0, 0.1) is 0 Å². The molecular weight excluding hydrogens is 399 g/mol. The Morgan fingerprint density at radius 1 is 1.30 bits per heavy atom. The van der Waals surface area contributed by atoms with E-state index in [4.69, 9.17) is 25.7 Å². The van der Waals surface area contributed by atoms with E-state index in [0.29, 0.717) is 11.1 Å². The number of nitrogen functional groups attached to an aromatic ring is 1. The fourth-order valence-electron chi connectivity index (χ4n) is 3.06. The van der Waals surface area contributed by atoms with E-state index in [-0.39, 0.29) is 12.4 Å². The van der Waals surface area contributed by atoms with E-state index < -0.39 is 48.8 Å².